The standard InChI is InChI=1S/C15H24/c1-10(2)13-7-5-6-11(3)14-9-8-12(4)15(13)14/h10,13-15H,3-9H2,1-2H3. The molecule has 0 radical (unpaired) electrons. The minimum absolute atomic E-state index is 0.764. The maximum absolute atomic E-state index is 4.31. The first-order valence-corrected chi connectivity index (χ1v) is 6.46. The third-order valence-corrected chi connectivity index (χ3v) is 4.56. The van der Waals surface area contributed by atoms with Crippen molar-refractivity contribution in [3.63, 3.8) is 0 Å². The molecule has 0 amide bonds. The molecule has 2 rings (SSSR count). The molecule has 0 saturated heterocycles. The number of hydrogen-bond donors (Lipinski definition) is 0. The van der Waals surface area contributed by atoms with Crippen molar-refractivity contribution >= 4 is 0 Å². The van der Waals surface area contributed by atoms with Crippen LogP contribution in [-0.2, 0) is 0 Å². The molecule has 15 heavy (non-hydrogen) atoms. The summed E-state index contributed by atoms with van der Waals surface area (Å²) in [5.41, 5.74) is 3.03. The highest BCUT2D eigenvalue weighted by Gasteiger charge is 2.39. The molecule has 2 fully saturated rings. The Balaban J connectivity index is 2.26. The van der Waals surface area contributed by atoms with Crippen LogP contribution in [0.15, 0.2) is 24.3 Å². The Kier molecular flexibility index (Phi) is 3.04. The minimum Gasteiger partial charge on any atom is -0.0996 e. The quantitative estimate of drug-likeness (QED) is 0.548. The molecule has 0 aromatic heterocycles. The predicted molar refractivity (Wildman–Crippen MR) is 66.7 cm³/mol. The van der Waals surface area contributed by atoms with E-state index in [0.717, 1.165) is 23.7 Å². The van der Waals surface area contributed by atoms with Crippen molar-refractivity contribution in [1.82, 2.24) is 0 Å². The molecular weight excluding hydrogens is 180 g/mol. The zero-order valence-corrected chi connectivity index (χ0v) is 10.3. The van der Waals surface area contributed by atoms with Gasteiger partial charge in [0.2, 0.25) is 0 Å². The fourth-order valence-electron chi connectivity index (χ4n) is 3.71. The topological polar surface area (TPSA) is 0 Å². The SMILES string of the molecule is C=C1CCCC(C(C)C)C2C(=C)CCC12. The van der Waals surface area contributed by atoms with Crippen LogP contribution in [0.5, 0.6) is 0 Å². The maximum Gasteiger partial charge on any atom is -0.0109 e. The molecule has 0 N–H and O–H groups in total. The van der Waals surface area contributed by atoms with Crippen molar-refractivity contribution in [3.8, 4) is 0 Å². The first-order valence-electron chi connectivity index (χ1n) is 6.46. The summed E-state index contributed by atoms with van der Waals surface area (Å²) in [7, 11) is 0. The van der Waals surface area contributed by atoms with Crippen molar-refractivity contribution in [2.75, 3.05) is 0 Å². The van der Waals surface area contributed by atoms with Gasteiger partial charge in [-0.3, -0.25) is 0 Å². The van der Waals surface area contributed by atoms with Crippen molar-refractivity contribution in [1.29, 1.82) is 0 Å². The molecule has 3 unspecified atom stereocenters. The van der Waals surface area contributed by atoms with Crippen LogP contribution in [-0.4, -0.2) is 0 Å². The minimum atomic E-state index is 0.764. The Bertz CT molecular complexity index is 272. The molecule has 3 atom stereocenters. The molecule has 2 saturated carbocycles. The Hall–Kier alpha value is -0.520. The predicted octanol–water partition coefficient (Wildman–Crippen LogP) is 4.58. The van der Waals surface area contributed by atoms with E-state index in [1.165, 1.54) is 43.3 Å². The van der Waals surface area contributed by atoms with Gasteiger partial charge in [-0.15, -0.1) is 0 Å². The Labute approximate surface area is 94.5 Å². The smallest absolute Gasteiger partial charge is 0.0109 e. The van der Waals surface area contributed by atoms with Gasteiger partial charge in [0.15, 0.2) is 0 Å². The summed E-state index contributed by atoms with van der Waals surface area (Å²) in [5, 5.41) is 0. The summed E-state index contributed by atoms with van der Waals surface area (Å²) >= 11 is 0. The summed E-state index contributed by atoms with van der Waals surface area (Å²) in [6, 6.07) is 0. The average Bonchev–Trinajstić information content (AvgIpc) is 2.45. The van der Waals surface area contributed by atoms with Crippen molar-refractivity contribution in [2.24, 2.45) is 23.7 Å². The van der Waals surface area contributed by atoms with E-state index in [0.29, 0.717) is 0 Å². The molecule has 0 spiro atoms. The molecule has 84 valence electrons. The van der Waals surface area contributed by atoms with Crippen LogP contribution in [0, 0.1) is 23.7 Å². The van der Waals surface area contributed by atoms with Crippen molar-refractivity contribution < 1.29 is 0 Å². The van der Waals surface area contributed by atoms with E-state index < -0.39 is 0 Å². The van der Waals surface area contributed by atoms with Gasteiger partial charge in [-0.25, -0.2) is 0 Å². The van der Waals surface area contributed by atoms with Gasteiger partial charge in [0.25, 0.3) is 0 Å². The van der Waals surface area contributed by atoms with Crippen LogP contribution in [0.2, 0.25) is 0 Å². The monoisotopic (exact) mass is 204 g/mol. The average molecular weight is 204 g/mol. The zero-order valence-electron chi connectivity index (χ0n) is 10.3. The van der Waals surface area contributed by atoms with Gasteiger partial charge in [-0.2, -0.15) is 0 Å². The molecule has 0 heterocycles. The van der Waals surface area contributed by atoms with Gasteiger partial charge >= 0.3 is 0 Å². The second-order valence-electron chi connectivity index (χ2n) is 5.79. The highest BCUT2D eigenvalue weighted by atomic mass is 14.4. The molecule has 0 aliphatic heterocycles. The summed E-state index contributed by atoms with van der Waals surface area (Å²) < 4.78 is 0. The van der Waals surface area contributed by atoms with Gasteiger partial charge in [0, 0.05) is 0 Å². The van der Waals surface area contributed by atoms with Crippen LogP contribution in [0.4, 0.5) is 0 Å². The van der Waals surface area contributed by atoms with E-state index in [-0.39, 0.29) is 0 Å². The third kappa shape index (κ3) is 1.91. The summed E-state index contributed by atoms with van der Waals surface area (Å²) in [5.74, 6) is 3.20. The third-order valence-electron chi connectivity index (χ3n) is 4.56. The van der Waals surface area contributed by atoms with Crippen LogP contribution >= 0.6 is 0 Å². The van der Waals surface area contributed by atoms with Gasteiger partial charge < -0.3 is 0 Å². The van der Waals surface area contributed by atoms with Crippen LogP contribution in [0.3, 0.4) is 0 Å². The van der Waals surface area contributed by atoms with E-state index in [9.17, 15) is 0 Å². The van der Waals surface area contributed by atoms with E-state index in [2.05, 4.69) is 27.0 Å². The van der Waals surface area contributed by atoms with Crippen LogP contribution in [0.1, 0.15) is 46.0 Å². The van der Waals surface area contributed by atoms with E-state index in [1.807, 2.05) is 0 Å². The first-order chi connectivity index (χ1) is 7.11. The first kappa shape index (κ1) is 11.0. The maximum atomic E-state index is 4.31. The molecule has 0 bridgehead atoms. The Morgan fingerprint density at radius 1 is 1.07 bits per heavy atom. The molecular formula is C15H24. The number of fused-ring (bicyclic) bond motifs is 1. The largest absolute Gasteiger partial charge is 0.0996 e. The second kappa shape index (κ2) is 4.15. The highest BCUT2D eigenvalue weighted by Crippen LogP contribution is 2.50. The van der Waals surface area contributed by atoms with Crippen LogP contribution < -0.4 is 0 Å². The van der Waals surface area contributed by atoms with Crippen LogP contribution in [0.25, 0.3) is 0 Å². The number of allylic oxidation sites excluding steroid dienone is 2. The fourth-order valence-corrected chi connectivity index (χ4v) is 3.71. The van der Waals surface area contributed by atoms with Crippen molar-refractivity contribution in [3.05, 3.63) is 24.3 Å². The Morgan fingerprint density at radius 2 is 1.80 bits per heavy atom. The number of hydrogen-bond acceptors (Lipinski definition) is 0. The molecule has 0 aromatic carbocycles. The highest BCUT2D eigenvalue weighted by molar-refractivity contribution is 5.21. The van der Waals surface area contributed by atoms with Gasteiger partial charge in [0.05, 0.1) is 0 Å². The van der Waals surface area contributed by atoms with Gasteiger partial charge in [-0.05, 0) is 55.8 Å². The molecule has 0 nitrogen and oxygen atoms in total. The Morgan fingerprint density at radius 3 is 2.47 bits per heavy atom. The molecule has 0 aromatic rings. The van der Waals surface area contributed by atoms with E-state index >= 15 is 0 Å². The van der Waals surface area contributed by atoms with E-state index in [4.69, 9.17) is 0 Å². The lowest BCUT2D eigenvalue weighted by molar-refractivity contribution is 0.249. The van der Waals surface area contributed by atoms with Gasteiger partial charge in [-0.1, -0.05) is 38.2 Å². The lowest BCUT2D eigenvalue weighted by atomic mass is 9.74. The van der Waals surface area contributed by atoms with Crippen molar-refractivity contribution in [2.45, 2.75) is 46.0 Å². The number of rotatable bonds is 1. The summed E-state index contributed by atoms with van der Waals surface area (Å²) in [4.78, 5) is 0. The fraction of sp³-hybridized carbons (Fsp3) is 0.733. The zero-order chi connectivity index (χ0) is 11.0. The normalized spacial score (nSPS) is 36.9. The second-order valence-corrected chi connectivity index (χ2v) is 5.79. The van der Waals surface area contributed by atoms with E-state index in [1.54, 1.807) is 0 Å². The lowest BCUT2D eigenvalue weighted by Crippen LogP contribution is -2.23. The summed E-state index contributed by atoms with van der Waals surface area (Å²) in [6.07, 6.45) is 6.57. The molecule has 2 aliphatic carbocycles. The lowest BCUT2D eigenvalue weighted by Gasteiger charge is -2.30. The van der Waals surface area contributed by atoms with Gasteiger partial charge in [0.1, 0.15) is 0 Å². The molecule has 0 heteroatoms. The summed E-state index contributed by atoms with van der Waals surface area (Å²) in [6.45, 7) is 13.4. The molecule has 2 aliphatic rings.